The maximum Gasteiger partial charge on any atom is 0.254 e. The van der Waals surface area contributed by atoms with E-state index in [1.807, 2.05) is 75.4 Å². The van der Waals surface area contributed by atoms with Crippen LogP contribution in [0.2, 0.25) is 0 Å². The van der Waals surface area contributed by atoms with Gasteiger partial charge in [0.1, 0.15) is 29.2 Å². The Hall–Kier alpha value is -3.70. The number of hydrogen-bond donors (Lipinski definition) is 1. The highest BCUT2D eigenvalue weighted by Crippen LogP contribution is 2.45. The van der Waals surface area contributed by atoms with Crippen LogP contribution >= 0.6 is 11.8 Å². The number of amides is 1. The number of allylic oxidation sites excluding steroid dienone is 2. The molecule has 2 aromatic carbocycles. The molecule has 4 rings (SSSR count). The highest BCUT2D eigenvalue weighted by atomic mass is 32.2. The molecule has 0 radical (unpaired) electrons. The van der Waals surface area contributed by atoms with E-state index in [-0.39, 0.29) is 5.91 Å². The second-order valence-corrected chi connectivity index (χ2v) is 8.89. The fourth-order valence-corrected chi connectivity index (χ4v) is 5.01. The summed E-state index contributed by atoms with van der Waals surface area (Å²) in [6, 6.07) is 19.3. The zero-order valence-corrected chi connectivity index (χ0v) is 20.3. The molecule has 0 saturated carbocycles. The average molecular weight is 474 g/mol. The third-order valence-electron chi connectivity index (χ3n) is 5.90. The molecule has 1 amide bonds. The number of carbonyl (C=O) groups excluding carboxylic acids is 1. The van der Waals surface area contributed by atoms with Crippen LogP contribution in [0, 0.1) is 11.3 Å². The van der Waals surface area contributed by atoms with Crippen molar-refractivity contribution in [1.29, 1.82) is 5.26 Å². The minimum absolute atomic E-state index is 0.0806. The van der Waals surface area contributed by atoms with Gasteiger partial charge in [-0.05, 0) is 55.8 Å². The normalized spacial score (nSPS) is 17.3. The van der Waals surface area contributed by atoms with Gasteiger partial charge in [-0.1, -0.05) is 42.5 Å². The van der Waals surface area contributed by atoms with Gasteiger partial charge < -0.3 is 15.4 Å². The summed E-state index contributed by atoms with van der Waals surface area (Å²) in [7, 11) is 0. The molecule has 2 heterocycles. The van der Waals surface area contributed by atoms with E-state index in [0.29, 0.717) is 46.9 Å². The van der Waals surface area contributed by atoms with Crippen molar-refractivity contribution >= 4 is 22.8 Å². The van der Waals surface area contributed by atoms with Crippen molar-refractivity contribution in [3.63, 3.8) is 0 Å². The number of benzene rings is 2. The average Bonchev–Trinajstić information content (AvgIpc) is 3.18. The summed E-state index contributed by atoms with van der Waals surface area (Å²) in [6.45, 7) is 7.39. The van der Waals surface area contributed by atoms with Crippen molar-refractivity contribution < 1.29 is 9.53 Å². The van der Waals surface area contributed by atoms with Gasteiger partial charge in [0.2, 0.25) is 0 Å². The van der Waals surface area contributed by atoms with Crippen LogP contribution < -0.4 is 10.5 Å². The third-order valence-corrected chi connectivity index (χ3v) is 6.88. The predicted molar refractivity (Wildman–Crippen MR) is 134 cm³/mol. The first-order chi connectivity index (χ1) is 16.5. The molecular weight excluding hydrogens is 446 g/mol. The zero-order valence-electron chi connectivity index (χ0n) is 19.5. The standard InChI is InChI=1S/C26H27N5O2S/c1-4-30(5-2)25(32)22-17(3)29-26-31(24(28)21(15-27)34-26)23(22)19-11-13-20(14-12-19)33-16-18-9-7-6-8-10-18/h6-14,23H,4-5,16,28H2,1-3H3/t23-/m1/s1. The first kappa shape index (κ1) is 23.5. The van der Waals surface area contributed by atoms with Crippen LogP contribution in [0.25, 0.3) is 0 Å². The van der Waals surface area contributed by atoms with Crippen LogP contribution in [0.1, 0.15) is 37.9 Å². The van der Waals surface area contributed by atoms with Crippen LogP contribution in [-0.4, -0.2) is 34.0 Å². The molecule has 2 aliphatic heterocycles. The summed E-state index contributed by atoms with van der Waals surface area (Å²) in [5, 5.41) is 10.1. The highest BCUT2D eigenvalue weighted by Gasteiger charge is 2.42. The Morgan fingerprint density at radius 2 is 1.85 bits per heavy atom. The molecule has 0 aromatic heterocycles. The summed E-state index contributed by atoms with van der Waals surface area (Å²) in [6.07, 6.45) is 0. The van der Waals surface area contributed by atoms with Crippen molar-refractivity contribution in [1.82, 2.24) is 9.80 Å². The van der Waals surface area contributed by atoms with Gasteiger partial charge in [0.05, 0.1) is 17.3 Å². The van der Waals surface area contributed by atoms with Crippen molar-refractivity contribution in [2.45, 2.75) is 33.4 Å². The van der Waals surface area contributed by atoms with E-state index in [9.17, 15) is 10.1 Å². The van der Waals surface area contributed by atoms with Crippen LogP contribution in [0.5, 0.6) is 5.75 Å². The van der Waals surface area contributed by atoms with Crippen LogP contribution in [0.3, 0.4) is 0 Å². The first-order valence-electron chi connectivity index (χ1n) is 11.2. The van der Waals surface area contributed by atoms with E-state index in [0.717, 1.165) is 16.9 Å². The van der Waals surface area contributed by atoms with E-state index in [1.165, 1.54) is 11.8 Å². The number of aliphatic imine (C=N–C) groups is 1. The minimum Gasteiger partial charge on any atom is -0.489 e. The fraction of sp³-hybridized carbons (Fsp3) is 0.269. The second-order valence-electron chi connectivity index (χ2n) is 7.91. The molecule has 0 saturated heterocycles. The van der Waals surface area contributed by atoms with Gasteiger partial charge in [-0.3, -0.25) is 9.69 Å². The lowest BCUT2D eigenvalue weighted by Crippen LogP contribution is -2.42. The topological polar surface area (TPSA) is 95.0 Å². The Balaban J connectivity index is 1.69. The molecule has 0 fully saturated rings. The molecule has 174 valence electrons. The molecule has 8 heteroatoms. The number of nitriles is 1. The molecule has 0 spiro atoms. The fourth-order valence-electron chi connectivity index (χ4n) is 4.10. The molecular formula is C26H27N5O2S. The first-order valence-corrected chi connectivity index (χ1v) is 12.0. The number of likely N-dealkylation sites (N-methyl/N-ethyl adjacent to an activating group) is 1. The second kappa shape index (κ2) is 10.1. The largest absolute Gasteiger partial charge is 0.489 e. The number of amidine groups is 1. The van der Waals surface area contributed by atoms with Gasteiger partial charge in [0.15, 0.2) is 5.17 Å². The Kier molecular flexibility index (Phi) is 6.94. The molecule has 2 N–H and O–H groups in total. The van der Waals surface area contributed by atoms with Gasteiger partial charge >= 0.3 is 0 Å². The number of ether oxygens (including phenoxy) is 1. The SMILES string of the molecule is CCN(CC)C(=O)C1=C(C)N=C2SC(C#N)=C(N)N2[C@@H]1c1ccc(OCc2ccccc2)cc1. The van der Waals surface area contributed by atoms with Crippen molar-refractivity contribution in [3.05, 3.63) is 87.7 Å². The smallest absolute Gasteiger partial charge is 0.254 e. The summed E-state index contributed by atoms with van der Waals surface area (Å²) in [5.74, 6) is 0.965. The van der Waals surface area contributed by atoms with E-state index in [1.54, 1.807) is 9.80 Å². The Morgan fingerprint density at radius 3 is 2.47 bits per heavy atom. The number of carbonyl (C=O) groups is 1. The number of nitrogens with two attached hydrogens (primary N) is 1. The van der Waals surface area contributed by atoms with Gasteiger partial charge in [0, 0.05) is 13.1 Å². The van der Waals surface area contributed by atoms with Crippen molar-refractivity contribution in [2.75, 3.05) is 13.1 Å². The predicted octanol–water partition coefficient (Wildman–Crippen LogP) is 4.52. The van der Waals surface area contributed by atoms with Gasteiger partial charge in [-0.2, -0.15) is 5.26 Å². The number of hydrogen-bond acceptors (Lipinski definition) is 7. The van der Waals surface area contributed by atoms with E-state index >= 15 is 0 Å². The molecule has 34 heavy (non-hydrogen) atoms. The number of nitrogens with zero attached hydrogens (tertiary/aromatic N) is 4. The number of rotatable bonds is 7. The lowest BCUT2D eigenvalue weighted by Gasteiger charge is -2.36. The molecule has 7 nitrogen and oxygen atoms in total. The van der Waals surface area contributed by atoms with Crippen molar-refractivity contribution in [2.24, 2.45) is 10.7 Å². The van der Waals surface area contributed by atoms with E-state index < -0.39 is 6.04 Å². The maximum absolute atomic E-state index is 13.5. The molecule has 2 aliphatic rings. The Morgan fingerprint density at radius 1 is 1.18 bits per heavy atom. The monoisotopic (exact) mass is 473 g/mol. The van der Waals surface area contributed by atoms with Gasteiger partial charge in [-0.25, -0.2) is 4.99 Å². The van der Waals surface area contributed by atoms with Crippen LogP contribution in [0.15, 0.2) is 81.6 Å². The Labute approximate surface area is 204 Å². The van der Waals surface area contributed by atoms with E-state index in [2.05, 4.69) is 11.1 Å². The highest BCUT2D eigenvalue weighted by molar-refractivity contribution is 8.17. The maximum atomic E-state index is 13.5. The zero-order chi connectivity index (χ0) is 24.2. The molecule has 0 aliphatic carbocycles. The van der Waals surface area contributed by atoms with E-state index in [4.69, 9.17) is 10.5 Å². The summed E-state index contributed by atoms with van der Waals surface area (Å²) in [4.78, 5) is 22.1. The summed E-state index contributed by atoms with van der Waals surface area (Å²) in [5.41, 5.74) is 9.53. The third kappa shape index (κ3) is 4.39. The molecule has 2 aromatic rings. The van der Waals surface area contributed by atoms with Gasteiger partial charge in [-0.15, -0.1) is 0 Å². The minimum atomic E-state index is -0.484. The molecule has 0 unspecified atom stereocenters. The molecule has 0 bridgehead atoms. The lowest BCUT2D eigenvalue weighted by atomic mass is 9.93. The number of thioether (sulfide) groups is 1. The van der Waals surface area contributed by atoms with Gasteiger partial charge in [0.25, 0.3) is 5.91 Å². The molecule has 1 atom stereocenters. The van der Waals surface area contributed by atoms with Crippen molar-refractivity contribution in [3.8, 4) is 11.8 Å². The number of fused-ring (bicyclic) bond motifs is 1. The lowest BCUT2D eigenvalue weighted by molar-refractivity contribution is -0.127. The summed E-state index contributed by atoms with van der Waals surface area (Å²) < 4.78 is 5.94. The summed E-state index contributed by atoms with van der Waals surface area (Å²) >= 11 is 1.23. The van der Waals surface area contributed by atoms with Crippen LogP contribution in [-0.2, 0) is 11.4 Å². The Bertz CT molecular complexity index is 1210. The van der Waals surface area contributed by atoms with Crippen LogP contribution in [0.4, 0.5) is 0 Å². The quantitative estimate of drug-likeness (QED) is 0.635.